The van der Waals surface area contributed by atoms with Crippen LogP contribution < -0.4 is 10.1 Å². The van der Waals surface area contributed by atoms with E-state index in [9.17, 15) is 9.18 Å². The fraction of sp³-hybridized carbons (Fsp3) is 0.316. The number of nitrogens with one attached hydrogen (secondary N) is 1. The fourth-order valence-corrected chi connectivity index (χ4v) is 3.33. The lowest BCUT2D eigenvalue weighted by atomic mass is 10.2. The van der Waals surface area contributed by atoms with Crippen molar-refractivity contribution in [3.05, 3.63) is 52.4 Å². The van der Waals surface area contributed by atoms with E-state index in [0.717, 1.165) is 30.2 Å². The highest BCUT2D eigenvalue weighted by Gasteiger charge is 2.09. The first-order chi connectivity index (χ1) is 13.6. The van der Waals surface area contributed by atoms with Crippen LogP contribution in [0.4, 0.5) is 4.39 Å². The highest BCUT2D eigenvalue weighted by Crippen LogP contribution is 2.24. The molecule has 0 aliphatic carbocycles. The van der Waals surface area contributed by atoms with Gasteiger partial charge < -0.3 is 14.6 Å². The summed E-state index contributed by atoms with van der Waals surface area (Å²) in [6.45, 7) is 0.377. The van der Waals surface area contributed by atoms with Crippen LogP contribution in [0.25, 0.3) is 10.7 Å². The number of carbonyl (C=O) groups is 1. The van der Waals surface area contributed by atoms with Crippen LogP contribution in [0.5, 0.6) is 5.75 Å². The van der Waals surface area contributed by atoms with Gasteiger partial charge >= 0.3 is 0 Å². The zero-order chi connectivity index (χ0) is 19.8. The van der Waals surface area contributed by atoms with E-state index in [1.165, 1.54) is 12.1 Å². The Morgan fingerprint density at radius 3 is 2.96 bits per heavy atom. The molecule has 28 heavy (non-hydrogen) atoms. The van der Waals surface area contributed by atoms with Crippen LogP contribution in [0.1, 0.15) is 25.2 Å². The van der Waals surface area contributed by atoms with Crippen molar-refractivity contribution in [2.24, 2.45) is 0 Å². The van der Waals surface area contributed by atoms with Crippen LogP contribution >= 0.6 is 22.9 Å². The zero-order valence-electron chi connectivity index (χ0n) is 15.0. The Morgan fingerprint density at radius 1 is 1.29 bits per heavy atom. The molecule has 0 spiro atoms. The summed E-state index contributed by atoms with van der Waals surface area (Å²) in [4.78, 5) is 17.1. The minimum atomic E-state index is -0.454. The number of unbranched alkanes of at least 4 members (excludes halogenated alkanes) is 2. The summed E-state index contributed by atoms with van der Waals surface area (Å²) in [5.74, 6) is 0.818. The third-order valence-electron chi connectivity index (χ3n) is 3.85. The van der Waals surface area contributed by atoms with Crippen molar-refractivity contribution < 1.29 is 18.4 Å². The van der Waals surface area contributed by atoms with Gasteiger partial charge in [-0.25, -0.2) is 4.39 Å². The first-order valence-corrected chi connectivity index (χ1v) is 10.1. The van der Waals surface area contributed by atoms with Crippen molar-refractivity contribution in [1.82, 2.24) is 15.5 Å². The molecule has 3 rings (SSSR count). The normalized spacial score (nSPS) is 10.8. The van der Waals surface area contributed by atoms with Gasteiger partial charge in [0.1, 0.15) is 11.6 Å². The summed E-state index contributed by atoms with van der Waals surface area (Å²) in [5.41, 5.74) is 0. The molecule has 0 unspecified atom stereocenters. The number of nitrogens with zero attached hydrogens (tertiary/aromatic N) is 2. The Morgan fingerprint density at radius 2 is 2.18 bits per heavy atom. The molecule has 0 aliphatic rings. The first kappa shape index (κ1) is 20.3. The average Bonchev–Trinajstić information content (AvgIpc) is 3.35. The zero-order valence-corrected chi connectivity index (χ0v) is 16.6. The van der Waals surface area contributed by atoms with Crippen molar-refractivity contribution in [1.29, 1.82) is 0 Å². The fourth-order valence-electron chi connectivity index (χ4n) is 2.45. The number of carbonyl (C=O) groups excluding carboxylic acids is 1. The maximum absolute atomic E-state index is 13.0. The van der Waals surface area contributed by atoms with E-state index in [1.807, 2.05) is 17.5 Å². The van der Waals surface area contributed by atoms with Crippen LogP contribution in [0.2, 0.25) is 5.02 Å². The van der Waals surface area contributed by atoms with Gasteiger partial charge in [0, 0.05) is 13.0 Å². The van der Waals surface area contributed by atoms with Crippen molar-refractivity contribution in [3.8, 4) is 16.5 Å². The summed E-state index contributed by atoms with van der Waals surface area (Å²) in [7, 11) is 0. The Labute approximate surface area is 170 Å². The van der Waals surface area contributed by atoms with Gasteiger partial charge in [-0.2, -0.15) is 4.98 Å². The number of aryl methyl sites for hydroxylation is 1. The molecule has 0 aliphatic heterocycles. The summed E-state index contributed by atoms with van der Waals surface area (Å²) < 4.78 is 23.5. The maximum atomic E-state index is 13.0. The number of halogens is 2. The molecule has 1 aromatic carbocycles. The van der Waals surface area contributed by atoms with Gasteiger partial charge in [-0.05, 0) is 42.5 Å². The number of thiophene rings is 1. The number of amides is 1. The molecule has 2 aromatic heterocycles. The van der Waals surface area contributed by atoms with Gasteiger partial charge in [0.25, 0.3) is 5.91 Å². The number of aromatic nitrogens is 2. The second kappa shape index (κ2) is 10.2. The Balaban J connectivity index is 1.27. The molecule has 148 valence electrons. The van der Waals surface area contributed by atoms with Crippen LogP contribution in [-0.2, 0) is 11.2 Å². The molecule has 2 heterocycles. The second-order valence-corrected chi connectivity index (χ2v) is 7.37. The Hall–Kier alpha value is -2.45. The number of ether oxygens (including phenoxy) is 1. The number of rotatable bonds is 10. The molecule has 0 saturated carbocycles. The summed E-state index contributed by atoms with van der Waals surface area (Å²) >= 11 is 7.41. The third-order valence-corrected chi connectivity index (χ3v) is 5.01. The summed E-state index contributed by atoms with van der Waals surface area (Å²) in [5, 5.41) is 8.86. The van der Waals surface area contributed by atoms with E-state index >= 15 is 0 Å². The molecule has 9 heteroatoms. The predicted octanol–water partition coefficient (Wildman–Crippen LogP) is 4.50. The van der Waals surface area contributed by atoms with Crippen molar-refractivity contribution in [2.45, 2.75) is 25.7 Å². The van der Waals surface area contributed by atoms with E-state index in [1.54, 1.807) is 11.3 Å². The van der Waals surface area contributed by atoms with Crippen molar-refractivity contribution in [2.75, 3.05) is 13.2 Å². The molecule has 0 fully saturated rings. The van der Waals surface area contributed by atoms with Crippen LogP contribution in [0.15, 0.2) is 40.2 Å². The second-order valence-electron chi connectivity index (χ2n) is 6.01. The largest absolute Gasteiger partial charge is 0.482 e. The molecule has 1 N–H and O–H groups in total. The molecule has 0 atom stereocenters. The lowest BCUT2D eigenvalue weighted by Gasteiger charge is -2.08. The average molecular weight is 424 g/mol. The van der Waals surface area contributed by atoms with Gasteiger partial charge in [-0.3, -0.25) is 4.79 Å². The van der Waals surface area contributed by atoms with Gasteiger partial charge in [0.05, 0.1) is 9.90 Å². The first-order valence-electron chi connectivity index (χ1n) is 8.83. The van der Waals surface area contributed by atoms with Gasteiger partial charge in [-0.15, -0.1) is 11.3 Å². The number of benzene rings is 1. The molecule has 3 aromatic rings. The molecule has 0 radical (unpaired) electrons. The molecular formula is C19H19ClFN3O3S. The van der Waals surface area contributed by atoms with E-state index in [2.05, 4.69) is 15.5 Å². The lowest BCUT2D eigenvalue weighted by molar-refractivity contribution is -0.123. The third kappa shape index (κ3) is 6.03. The Kier molecular flexibility index (Phi) is 7.39. The molecule has 6 nitrogen and oxygen atoms in total. The van der Waals surface area contributed by atoms with Crippen molar-refractivity contribution in [3.63, 3.8) is 0 Å². The SMILES string of the molecule is O=C(COc1ccc(F)cc1Cl)NCCCCCc1nc(-c2cccs2)no1. The smallest absolute Gasteiger partial charge is 0.257 e. The quantitative estimate of drug-likeness (QED) is 0.486. The number of hydrogen-bond donors (Lipinski definition) is 1. The highest BCUT2D eigenvalue weighted by atomic mass is 35.5. The summed E-state index contributed by atoms with van der Waals surface area (Å²) in [6, 6.07) is 7.67. The standard InChI is InChI=1S/C19H19ClFN3O3S/c20-14-11-13(21)7-8-15(14)26-12-17(25)22-9-3-1-2-6-18-23-19(24-27-18)16-5-4-10-28-16/h4-5,7-8,10-11H,1-3,6,9,12H2,(H,22,25). The van der Waals surface area contributed by atoms with Gasteiger partial charge in [0.2, 0.25) is 11.7 Å². The van der Waals surface area contributed by atoms with E-state index in [-0.39, 0.29) is 23.3 Å². The van der Waals surface area contributed by atoms with Crippen LogP contribution in [-0.4, -0.2) is 29.2 Å². The number of hydrogen-bond acceptors (Lipinski definition) is 6. The monoisotopic (exact) mass is 423 g/mol. The molecule has 1 amide bonds. The lowest BCUT2D eigenvalue weighted by Crippen LogP contribution is -2.29. The minimum absolute atomic E-state index is 0.135. The van der Waals surface area contributed by atoms with Crippen molar-refractivity contribution >= 4 is 28.8 Å². The Bertz CT molecular complexity index is 902. The van der Waals surface area contributed by atoms with E-state index in [4.69, 9.17) is 20.9 Å². The minimum Gasteiger partial charge on any atom is -0.482 e. The molecule has 0 bridgehead atoms. The summed E-state index contributed by atoms with van der Waals surface area (Å²) in [6.07, 6.45) is 3.35. The molecular weight excluding hydrogens is 405 g/mol. The van der Waals surface area contributed by atoms with Gasteiger partial charge in [0.15, 0.2) is 6.61 Å². The topological polar surface area (TPSA) is 77.2 Å². The van der Waals surface area contributed by atoms with Gasteiger partial charge in [-0.1, -0.05) is 29.2 Å². The predicted molar refractivity (Wildman–Crippen MR) is 105 cm³/mol. The van der Waals surface area contributed by atoms with E-state index in [0.29, 0.717) is 24.7 Å². The molecule has 0 saturated heterocycles. The highest BCUT2D eigenvalue weighted by molar-refractivity contribution is 7.13. The van der Waals surface area contributed by atoms with E-state index < -0.39 is 5.82 Å². The van der Waals surface area contributed by atoms with Crippen LogP contribution in [0, 0.1) is 5.82 Å². The van der Waals surface area contributed by atoms with Crippen LogP contribution in [0.3, 0.4) is 0 Å². The maximum Gasteiger partial charge on any atom is 0.257 e.